The molecule has 0 heterocycles. The Morgan fingerprint density at radius 2 is 1.41 bits per heavy atom. The van der Waals surface area contributed by atoms with E-state index >= 15 is 0 Å². The van der Waals surface area contributed by atoms with Gasteiger partial charge in [0.15, 0.2) is 0 Å². The Morgan fingerprint density at radius 1 is 0.864 bits per heavy atom. The first-order valence-electron chi connectivity index (χ1n) is 8.68. The molecule has 0 saturated heterocycles. The molecule has 1 atom stereocenters. The number of hydrogen-bond acceptors (Lipinski definition) is 3. The zero-order valence-electron chi connectivity index (χ0n) is 14.6. The lowest BCUT2D eigenvalue weighted by Gasteiger charge is -2.35. The fourth-order valence-corrected chi connectivity index (χ4v) is 6.04. The predicted molar refractivity (Wildman–Crippen MR) is 94.1 cm³/mol. The summed E-state index contributed by atoms with van der Waals surface area (Å²) in [5.41, 5.74) is 1.66. The summed E-state index contributed by atoms with van der Waals surface area (Å²) < 4.78 is 18.4. The summed E-state index contributed by atoms with van der Waals surface area (Å²) in [7, 11) is -2.64. The minimum Gasteiger partial charge on any atom is -0.374 e. The minimum atomic E-state index is -2.64. The molecule has 1 unspecified atom stereocenters. The standard InChI is InChI=1S/C18H32O3Si/c1-5-9-15-18(16-17-13-11-10-12-14-17)22(19-6-2,20-7-3)21-8-4/h10-14,18H,5-9,15-16H2,1-4H3. The van der Waals surface area contributed by atoms with Crippen LogP contribution in [0.2, 0.25) is 5.54 Å². The van der Waals surface area contributed by atoms with E-state index in [4.69, 9.17) is 13.3 Å². The second kappa shape index (κ2) is 10.9. The first-order valence-corrected chi connectivity index (χ1v) is 10.5. The molecule has 0 bridgehead atoms. The Kier molecular flexibility index (Phi) is 9.63. The van der Waals surface area contributed by atoms with Gasteiger partial charge >= 0.3 is 8.80 Å². The Bertz CT molecular complexity index is 366. The van der Waals surface area contributed by atoms with Gasteiger partial charge in [-0.3, -0.25) is 0 Å². The van der Waals surface area contributed by atoms with Gasteiger partial charge in [0.05, 0.1) is 0 Å². The molecule has 0 aliphatic carbocycles. The van der Waals surface area contributed by atoms with Crippen molar-refractivity contribution in [2.45, 2.75) is 58.9 Å². The van der Waals surface area contributed by atoms with E-state index in [9.17, 15) is 0 Å². The van der Waals surface area contributed by atoms with Gasteiger partial charge in [-0.1, -0.05) is 50.1 Å². The summed E-state index contributed by atoms with van der Waals surface area (Å²) in [5.74, 6) is 0. The van der Waals surface area contributed by atoms with E-state index in [1.807, 2.05) is 20.8 Å². The van der Waals surface area contributed by atoms with Gasteiger partial charge in [0.25, 0.3) is 0 Å². The van der Waals surface area contributed by atoms with Gasteiger partial charge in [0.2, 0.25) is 0 Å². The summed E-state index contributed by atoms with van der Waals surface area (Å²) in [6, 6.07) is 10.6. The van der Waals surface area contributed by atoms with Crippen molar-refractivity contribution in [2.24, 2.45) is 0 Å². The van der Waals surface area contributed by atoms with E-state index in [1.54, 1.807) is 0 Å². The third-order valence-electron chi connectivity index (χ3n) is 3.77. The maximum absolute atomic E-state index is 6.14. The highest BCUT2D eigenvalue weighted by atomic mass is 28.4. The van der Waals surface area contributed by atoms with E-state index in [-0.39, 0.29) is 0 Å². The first kappa shape index (κ1) is 19.4. The van der Waals surface area contributed by atoms with Crippen LogP contribution in [0.3, 0.4) is 0 Å². The third kappa shape index (κ3) is 5.84. The maximum Gasteiger partial charge on any atom is 0.504 e. The van der Waals surface area contributed by atoms with E-state index in [2.05, 4.69) is 37.3 Å². The van der Waals surface area contributed by atoms with Crippen LogP contribution in [0.15, 0.2) is 30.3 Å². The molecule has 126 valence electrons. The molecule has 1 aromatic carbocycles. The number of unbranched alkanes of at least 4 members (excludes halogenated alkanes) is 1. The molecular formula is C18H32O3Si. The monoisotopic (exact) mass is 324 g/mol. The second-order valence-electron chi connectivity index (χ2n) is 5.43. The van der Waals surface area contributed by atoms with Crippen LogP contribution < -0.4 is 0 Å². The molecule has 1 rings (SSSR count). The molecule has 0 saturated carbocycles. The van der Waals surface area contributed by atoms with Crippen molar-refractivity contribution in [1.82, 2.24) is 0 Å². The van der Waals surface area contributed by atoms with Crippen molar-refractivity contribution in [3.05, 3.63) is 35.9 Å². The average molecular weight is 325 g/mol. The van der Waals surface area contributed by atoms with Gasteiger partial charge in [-0.15, -0.1) is 0 Å². The molecular weight excluding hydrogens is 292 g/mol. The lowest BCUT2D eigenvalue weighted by atomic mass is 10.1. The highest BCUT2D eigenvalue weighted by Gasteiger charge is 2.48. The fraction of sp³-hybridized carbons (Fsp3) is 0.667. The Labute approximate surface area is 137 Å². The van der Waals surface area contributed by atoms with Crippen LogP contribution in [0.5, 0.6) is 0 Å². The molecule has 22 heavy (non-hydrogen) atoms. The highest BCUT2D eigenvalue weighted by molar-refractivity contribution is 6.62. The molecule has 0 spiro atoms. The quantitative estimate of drug-likeness (QED) is 0.515. The minimum absolute atomic E-state index is 0.328. The van der Waals surface area contributed by atoms with Gasteiger partial charge in [-0.2, -0.15) is 0 Å². The van der Waals surface area contributed by atoms with Crippen molar-refractivity contribution < 1.29 is 13.3 Å². The zero-order valence-corrected chi connectivity index (χ0v) is 15.6. The van der Waals surface area contributed by atoms with E-state index in [0.717, 1.165) is 12.8 Å². The second-order valence-corrected chi connectivity index (χ2v) is 8.32. The number of rotatable bonds is 12. The molecule has 0 N–H and O–H groups in total. The van der Waals surface area contributed by atoms with Crippen molar-refractivity contribution in [3.8, 4) is 0 Å². The SMILES string of the molecule is CCCCC(Cc1ccccc1)[Si](OCC)(OCC)OCC. The van der Waals surface area contributed by atoms with Crippen LogP contribution in [-0.2, 0) is 19.7 Å². The maximum atomic E-state index is 6.14. The molecule has 0 fully saturated rings. The summed E-state index contributed by atoms with van der Waals surface area (Å²) in [6.45, 7) is 10.2. The lowest BCUT2D eigenvalue weighted by molar-refractivity contribution is 0.0593. The van der Waals surface area contributed by atoms with Crippen molar-refractivity contribution >= 4 is 8.80 Å². The van der Waals surface area contributed by atoms with Gasteiger partial charge in [-0.25, -0.2) is 0 Å². The van der Waals surface area contributed by atoms with Crippen LogP contribution in [0.1, 0.15) is 52.5 Å². The normalized spacial score (nSPS) is 13.3. The molecule has 1 aromatic rings. The number of hydrogen-bond donors (Lipinski definition) is 0. The largest absolute Gasteiger partial charge is 0.504 e. The van der Waals surface area contributed by atoms with Crippen LogP contribution in [0.4, 0.5) is 0 Å². The molecule has 0 radical (unpaired) electrons. The van der Waals surface area contributed by atoms with Crippen molar-refractivity contribution in [3.63, 3.8) is 0 Å². The summed E-state index contributed by atoms with van der Waals surface area (Å²) >= 11 is 0. The fourth-order valence-electron chi connectivity index (χ4n) is 2.84. The lowest BCUT2D eigenvalue weighted by Crippen LogP contribution is -2.51. The topological polar surface area (TPSA) is 27.7 Å². The molecule has 0 aromatic heterocycles. The molecule has 4 heteroatoms. The third-order valence-corrected chi connectivity index (χ3v) is 7.33. The van der Waals surface area contributed by atoms with E-state index in [0.29, 0.717) is 25.4 Å². The van der Waals surface area contributed by atoms with Crippen molar-refractivity contribution in [2.75, 3.05) is 19.8 Å². The van der Waals surface area contributed by atoms with Crippen LogP contribution in [0, 0.1) is 0 Å². The van der Waals surface area contributed by atoms with Crippen LogP contribution in [0.25, 0.3) is 0 Å². The van der Waals surface area contributed by atoms with Crippen LogP contribution in [-0.4, -0.2) is 28.6 Å². The molecule has 0 amide bonds. The average Bonchev–Trinajstić information content (AvgIpc) is 2.53. The van der Waals surface area contributed by atoms with Gasteiger partial charge in [-0.05, 0) is 39.2 Å². The predicted octanol–water partition coefficient (Wildman–Crippen LogP) is 4.84. The van der Waals surface area contributed by atoms with Gasteiger partial charge < -0.3 is 13.3 Å². The molecule has 0 aliphatic rings. The van der Waals surface area contributed by atoms with Crippen LogP contribution >= 0.6 is 0 Å². The van der Waals surface area contributed by atoms with E-state index in [1.165, 1.54) is 18.4 Å². The number of benzene rings is 1. The molecule has 3 nitrogen and oxygen atoms in total. The van der Waals surface area contributed by atoms with Gasteiger partial charge in [0.1, 0.15) is 0 Å². The molecule has 0 aliphatic heterocycles. The van der Waals surface area contributed by atoms with Crippen molar-refractivity contribution in [1.29, 1.82) is 0 Å². The summed E-state index contributed by atoms with van der Waals surface area (Å²) in [6.07, 6.45) is 4.42. The van der Waals surface area contributed by atoms with Gasteiger partial charge in [0, 0.05) is 25.4 Å². The Morgan fingerprint density at radius 3 is 1.86 bits per heavy atom. The highest BCUT2D eigenvalue weighted by Crippen LogP contribution is 2.34. The zero-order chi connectivity index (χ0) is 16.3. The summed E-state index contributed by atoms with van der Waals surface area (Å²) in [5, 5.41) is 0. The smallest absolute Gasteiger partial charge is 0.374 e. The summed E-state index contributed by atoms with van der Waals surface area (Å²) in [4.78, 5) is 0. The Balaban J connectivity index is 3.00. The Hall–Kier alpha value is -0.683. The first-order chi connectivity index (χ1) is 10.7. The van der Waals surface area contributed by atoms with E-state index < -0.39 is 8.80 Å².